The van der Waals surface area contributed by atoms with Crippen molar-refractivity contribution in [2.45, 2.75) is 33.2 Å². The fourth-order valence-electron chi connectivity index (χ4n) is 1.79. The number of aryl methyl sites for hydroxylation is 1. The Morgan fingerprint density at radius 1 is 1.10 bits per heavy atom. The van der Waals surface area contributed by atoms with Crippen LogP contribution >= 0.6 is 11.3 Å². The Kier molecular flexibility index (Phi) is 5.17. The summed E-state index contributed by atoms with van der Waals surface area (Å²) in [5, 5.41) is 6.51. The summed E-state index contributed by atoms with van der Waals surface area (Å²) in [6.07, 6.45) is 2.12. The first kappa shape index (κ1) is 14.6. The fourth-order valence-corrected chi connectivity index (χ4v) is 2.68. The van der Waals surface area contributed by atoms with E-state index in [1.54, 1.807) is 0 Å². The number of anilines is 3. The van der Waals surface area contributed by atoms with Gasteiger partial charge < -0.3 is 16.4 Å². The van der Waals surface area contributed by atoms with Crippen LogP contribution in [0.3, 0.4) is 0 Å². The van der Waals surface area contributed by atoms with Crippen LogP contribution in [0.2, 0.25) is 0 Å². The van der Waals surface area contributed by atoms with Gasteiger partial charge in [0.05, 0.1) is 6.54 Å². The van der Waals surface area contributed by atoms with Crippen LogP contribution in [0.25, 0.3) is 0 Å². The van der Waals surface area contributed by atoms with Crippen LogP contribution in [-0.2, 0) is 13.0 Å². The first-order valence-electron chi connectivity index (χ1n) is 6.91. The second-order valence-electron chi connectivity index (χ2n) is 4.50. The van der Waals surface area contributed by atoms with E-state index in [9.17, 15) is 0 Å². The van der Waals surface area contributed by atoms with Crippen LogP contribution < -0.4 is 16.4 Å². The maximum atomic E-state index is 5.73. The molecule has 0 saturated heterocycles. The SMILES string of the molecule is CCCNc1cc(NCc2ccc(CC)s2)nc(N)n1. The van der Waals surface area contributed by atoms with Crippen LogP contribution in [0.15, 0.2) is 18.2 Å². The molecule has 0 amide bonds. The van der Waals surface area contributed by atoms with E-state index in [0.717, 1.165) is 37.6 Å². The third-order valence-corrected chi connectivity index (χ3v) is 4.04. The maximum absolute atomic E-state index is 5.73. The van der Waals surface area contributed by atoms with Gasteiger partial charge in [0, 0.05) is 22.4 Å². The van der Waals surface area contributed by atoms with E-state index in [-0.39, 0.29) is 5.95 Å². The molecule has 108 valence electrons. The summed E-state index contributed by atoms with van der Waals surface area (Å²) in [7, 11) is 0. The van der Waals surface area contributed by atoms with Crippen molar-refractivity contribution in [1.29, 1.82) is 0 Å². The van der Waals surface area contributed by atoms with E-state index in [4.69, 9.17) is 5.73 Å². The van der Waals surface area contributed by atoms with Crippen LogP contribution in [0.1, 0.15) is 30.0 Å². The molecule has 20 heavy (non-hydrogen) atoms. The number of thiophene rings is 1. The van der Waals surface area contributed by atoms with E-state index < -0.39 is 0 Å². The zero-order valence-electron chi connectivity index (χ0n) is 11.9. The number of nitrogen functional groups attached to an aromatic ring is 1. The Hall–Kier alpha value is -1.82. The van der Waals surface area contributed by atoms with Crippen LogP contribution in [-0.4, -0.2) is 16.5 Å². The summed E-state index contributed by atoms with van der Waals surface area (Å²) >= 11 is 1.82. The molecule has 2 aromatic rings. The van der Waals surface area contributed by atoms with Crippen molar-refractivity contribution >= 4 is 28.9 Å². The van der Waals surface area contributed by atoms with Crippen LogP contribution in [0.4, 0.5) is 17.6 Å². The third-order valence-electron chi connectivity index (χ3n) is 2.81. The van der Waals surface area contributed by atoms with E-state index in [2.05, 4.69) is 46.6 Å². The van der Waals surface area contributed by atoms with Crippen molar-refractivity contribution in [3.8, 4) is 0 Å². The van der Waals surface area contributed by atoms with Gasteiger partial charge in [-0.1, -0.05) is 13.8 Å². The Morgan fingerprint density at radius 2 is 1.80 bits per heavy atom. The Morgan fingerprint density at radius 3 is 2.45 bits per heavy atom. The maximum Gasteiger partial charge on any atom is 0.223 e. The van der Waals surface area contributed by atoms with Crippen molar-refractivity contribution in [3.63, 3.8) is 0 Å². The number of rotatable bonds is 7. The van der Waals surface area contributed by atoms with Gasteiger partial charge in [-0.25, -0.2) is 0 Å². The molecule has 0 aliphatic heterocycles. The van der Waals surface area contributed by atoms with Gasteiger partial charge in [-0.3, -0.25) is 0 Å². The molecule has 6 heteroatoms. The van der Waals surface area contributed by atoms with E-state index in [0.29, 0.717) is 0 Å². The average molecular weight is 291 g/mol. The lowest BCUT2D eigenvalue weighted by molar-refractivity contribution is 0.965. The fraction of sp³-hybridized carbons (Fsp3) is 0.429. The quantitative estimate of drug-likeness (QED) is 0.730. The molecule has 0 spiro atoms. The monoisotopic (exact) mass is 291 g/mol. The molecule has 0 unspecified atom stereocenters. The highest BCUT2D eigenvalue weighted by molar-refractivity contribution is 7.12. The van der Waals surface area contributed by atoms with Gasteiger partial charge in [0.2, 0.25) is 5.95 Å². The van der Waals surface area contributed by atoms with E-state index in [1.165, 1.54) is 9.75 Å². The minimum atomic E-state index is 0.286. The summed E-state index contributed by atoms with van der Waals surface area (Å²) in [5.41, 5.74) is 5.73. The molecule has 0 aliphatic rings. The van der Waals surface area contributed by atoms with Gasteiger partial charge in [-0.05, 0) is 25.0 Å². The predicted molar refractivity (Wildman–Crippen MR) is 86.2 cm³/mol. The Bertz CT molecular complexity index is 552. The number of nitrogens with zero attached hydrogens (tertiary/aromatic N) is 2. The van der Waals surface area contributed by atoms with Gasteiger partial charge in [-0.2, -0.15) is 9.97 Å². The largest absolute Gasteiger partial charge is 0.370 e. The molecular formula is C14H21N5S. The highest BCUT2D eigenvalue weighted by atomic mass is 32.1. The Balaban J connectivity index is 1.99. The highest BCUT2D eigenvalue weighted by Gasteiger charge is 2.03. The van der Waals surface area contributed by atoms with Crippen molar-refractivity contribution in [2.75, 3.05) is 22.9 Å². The molecule has 4 N–H and O–H groups in total. The standard InChI is InChI=1S/C14H21N5S/c1-3-7-16-12-8-13(19-14(15)18-12)17-9-11-6-5-10(4-2)20-11/h5-6,8H,3-4,7,9H2,1-2H3,(H4,15,16,17,18,19). The van der Waals surface area contributed by atoms with Crippen molar-refractivity contribution in [1.82, 2.24) is 9.97 Å². The molecule has 0 atom stereocenters. The topological polar surface area (TPSA) is 75.9 Å². The second-order valence-corrected chi connectivity index (χ2v) is 5.75. The van der Waals surface area contributed by atoms with Crippen molar-refractivity contribution in [2.24, 2.45) is 0 Å². The number of nitrogens with one attached hydrogen (secondary N) is 2. The summed E-state index contributed by atoms with van der Waals surface area (Å²) in [6, 6.07) is 6.21. The number of hydrogen-bond donors (Lipinski definition) is 3. The molecule has 0 fully saturated rings. The molecule has 2 aromatic heterocycles. The van der Waals surface area contributed by atoms with Gasteiger partial charge in [0.25, 0.3) is 0 Å². The molecule has 0 aromatic carbocycles. The average Bonchev–Trinajstić information content (AvgIpc) is 2.90. The molecule has 0 bridgehead atoms. The summed E-state index contributed by atoms with van der Waals surface area (Å²) in [5.74, 6) is 1.80. The van der Waals surface area contributed by atoms with E-state index in [1.807, 2.05) is 17.4 Å². The lowest BCUT2D eigenvalue weighted by atomic mass is 10.3. The van der Waals surface area contributed by atoms with E-state index >= 15 is 0 Å². The van der Waals surface area contributed by atoms with Gasteiger partial charge in [0.15, 0.2) is 0 Å². The number of nitrogens with two attached hydrogens (primary N) is 1. The van der Waals surface area contributed by atoms with Crippen molar-refractivity contribution < 1.29 is 0 Å². The molecule has 0 radical (unpaired) electrons. The van der Waals surface area contributed by atoms with Gasteiger partial charge in [-0.15, -0.1) is 11.3 Å². The van der Waals surface area contributed by atoms with Gasteiger partial charge >= 0.3 is 0 Å². The lowest BCUT2D eigenvalue weighted by Crippen LogP contribution is -2.08. The summed E-state index contributed by atoms with van der Waals surface area (Å²) < 4.78 is 0. The zero-order valence-corrected chi connectivity index (χ0v) is 12.8. The summed E-state index contributed by atoms with van der Waals surface area (Å²) in [4.78, 5) is 11.1. The zero-order chi connectivity index (χ0) is 14.4. The third kappa shape index (κ3) is 4.09. The van der Waals surface area contributed by atoms with Crippen molar-refractivity contribution in [3.05, 3.63) is 28.0 Å². The number of hydrogen-bond acceptors (Lipinski definition) is 6. The molecule has 5 nitrogen and oxygen atoms in total. The lowest BCUT2D eigenvalue weighted by Gasteiger charge is -2.08. The molecule has 0 aliphatic carbocycles. The molecule has 0 saturated carbocycles. The smallest absolute Gasteiger partial charge is 0.223 e. The highest BCUT2D eigenvalue weighted by Crippen LogP contribution is 2.19. The normalized spacial score (nSPS) is 10.5. The first-order chi connectivity index (χ1) is 9.71. The Labute approximate surface area is 123 Å². The minimum absolute atomic E-state index is 0.286. The number of aromatic nitrogens is 2. The first-order valence-corrected chi connectivity index (χ1v) is 7.72. The van der Waals surface area contributed by atoms with Crippen LogP contribution in [0.5, 0.6) is 0 Å². The molecule has 2 heterocycles. The molecule has 2 rings (SSSR count). The minimum Gasteiger partial charge on any atom is -0.370 e. The predicted octanol–water partition coefficient (Wildman–Crippen LogP) is 3.12. The second kappa shape index (κ2) is 7.09. The van der Waals surface area contributed by atoms with Gasteiger partial charge in [0.1, 0.15) is 11.6 Å². The molecular weight excluding hydrogens is 270 g/mol. The van der Waals surface area contributed by atoms with Crippen LogP contribution in [0, 0.1) is 0 Å². The summed E-state index contributed by atoms with van der Waals surface area (Å²) in [6.45, 7) is 5.91.